The van der Waals surface area contributed by atoms with Gasteiger partial charge in [-0.15, -0.1) is 11.3 Å². The van der Waals surface area contributed by atoms with Gasteiger partial charge in [0.1, 0.15) is 4.88 Å². The summed E-state index contributed by atoms with van der Waals surface area (Å²) in [5.74, 6) is -0.109. The Kier molecular flexibility index (Phi) is 4.11. The molecule has 3 nitrogen and oxygen atoms in total. The lowest BCUT2D eigenvalue weighted by atomic mass is 10.1. The first-order valence-electron chi connectivity index (χ1n) is 7.94. The molecule has 1 amide bonds. The molecule has 4 aromatic rings. The SMILES string of the molecule is Cc1cc(C)c2nc(NC(=O)c3sccc3-c3ccccc3)sc2c1. The van der Waals surface area contributed by atoms with E-state index in [0.29, 0.717) is 10.0 Å². The highest BCUT2D eigenvalue weighted by molar-refractivity contribution is 7.22. The zero-order chi connectivity index (χ0) is 17.4. The van der Waals surface area contributed by atoms with Crippen molar-refractivity contribution in [2.45, 2.75) is 13.8 Å². The van der Waals surface area contributed by atoms with Crippen molar-refractivity contribution in [2.24, 2.45) is 0 Å². The van der Waals surface area contributed by atoms with Crippen LogP contribution in [-0.2, 0) is 0 Å². The van der Waals surface area contributed by atoms with Crippen molar-refractivity contribution in [3.8, 4) is 11.1 Å². The smallest absolute Gasteiger partial charge is 0.268 e. The van der Waals surface area contributed by atoms with Gasteiger partial charge in [0.15, 0.2) is 5.13 Å². The molecule has 0 aliphatic rings. The van der Waals surface area contributed by atoms with Crippen molar-refractivity contribution in [3.63, 3.8) is 0 Å². The number of aromatic nitrogens is 1. The molecular formula is C20H16N2OS2. The predicted octanol–water partition coefficient (Wildman–Crippen LogP) is 5.89. The average molecular weight is 364 g/mol. The van der Waals surface area contributed by atoms with Crippen LogP contribution in [0.4, 0.5) is 5.13 Å². The van der Waals surface area contributed by atoms with E-state index in [1.54, 1.807) is 0 Å². The van der Waals surface area contributed by atoms with E-state index < -0.39 is 0 Å². The van der Waals surface area contributed by atoms with Crippen LogP contribution in [0.1, 0.15) is 20.8 Å². The fraction of sp³-hybridized carbons (Fsp3) is 0.100. The number of aryl methyl sites for hydroxylation is 2. The van der Waals surface area contributed by atoms with Crippen molar-refractivity contribution in [1.29, 1.82) is 0 Å². The highest BCUT2D eigenvalue weighted by atomic mass is 32.1. The molecule has 0 bridgehead atoms. The van der Waals surface area contributed by atoms with Crippen molar-refractivity contribution < 1.29 is 4.79 Å². The molecule has 0 radical (unpaired) electrons. The Morgan fingerprint density at radius 2 is 1.88 bits per heavy atom. The summed E-state index contributed by atoms with van der Waals surface area (Å²) in [7, 11) is 0. The van der Waals surface area contributed by atoms with E-state index >= 15 is 0 Å². The lowest BCUT2D eigenvalue weighted by Crippen LogP contribution is -2.10. The van der Waals surface area contributed by atoms with Gasteiger partial charge in [-0.3, -0.25) is 10.1 Å². The summed E-state index contributed by atoms with van der Waals surface area (Å²) >= 11 is 2.96. The van der Waals surface area contributed by atoms with Gasteiger partial charge in [-0.05, 0) is 48.1 Å². The first kappa shape index (κ1) is 16.0. The number of hydrogen-bond donors (Lipinski definition) is 1. The van der Waals surface area contributed by atoms with Gasteiger partial charge in [-0.2, -0.15) is 0 Å². The molecule has 2 aromatic heterocycles. The van der Waals surface area contributed by atoms with Gasteiger partial charge in [0.25, 0.3) is 5.91 Å². The molecule has 0 saturated carbocycles. The maximum atomic E-state index is 12.8. The quantitative estimate of drug-likeness (QED) is 0.492. The molecule has 0 aliphatic heterocycles. The average Bonchev–Trinajstić information content (AvgIpc) is 3.22. The first-order chi connectivity index (χ1) is 12.1. The number of hydrogen-bond acceptors (Lipinski definition) is 4. The summed E-state index contributed by atoms with van der Waals surface area (Å²) in [6.07, 6.45) is 0. The third-order valence-electron chi connectivity index (χ3n) is 4.01. The van der Waals surface area contributed by atoms with Gasteiger partial charge >= 0.3 is 0 Å². The molecule has 2 aromatic carbocycles. The minimum atomic E-state index is -0.109. The molecule has 0 fully saturated rings. The van der Waals surface area contributed by atoms with E-state index in [4.69, 9.17) is 0 Å². The molecule has 2 heterocycles. The summed E-state index contributed by atoms with van der Waals surface area (Å²) in [5.41, 5.74) is 5.30. The number of anilines is 1. The molecule has 124 valence electrons. The summed E-state index contributed by atoms with van der Waals surface area (Å²) < 4.78 is 1.10. The van der Waals surface area contributed by atoms with Gasteiger partial charge in [-0.25, -0.2) is 4.98 Å². The second-order valence-electron chi connectivity index (χ2n) is 5.93. The first-order valence-corrected chi connectivity index (χ1v) is 9.63. The van der Waals surface area contributed by atoms with Gasteiger partial charge < -0.3 is 0 Å². The molecule has 5 heteroatoms. The largest absolute Gasteiger partial charge is 0.297 e. The molecule has 25 heavy (non-hydrogen) atoms. The lowest BCUT2D eigenvalue weighted by molar-refractivity contribution is 0.103. The van der Waals surface area contributed by atoms with Crippen molar-refractivity contribution in [3.05, 3.63) is 69.9 Å². The van der Waals surface area contributed by atoms with Crippen LogP contribution in [0.25, 0.3) is 21.3 Å². The Morgan fingerprint density at radius 1 is 1.08 bits per heavy atom. The zero-order valence-corrected chi connectivity index (χ0v) is 15.5. The second kappa shape index (κ2) is 6.43. The number of amides is 1. The van der Waals surface area contributed by atoms with Crippen LogP contribution in [-0.4, -0.2) is 10.9 Å². The van der Waals surface area contributed by atoms with Crippen LogP contribution in [0, 0.1) is 13.8 Å². The number of carbonyl (C=O) groups excluding carboxylic acids is 1. The van der Waals surface area contributed by atoms with E-state index in [9.17, 15) is 4.79 Å². The Balaban J connectivity index is 1.66. The van der Waals surface area contributed by atoms with Crippen molar-refractivity contribution in [1.82, 2.24) is 4.98 Å². The molecule has 0 aliphatic carbocycles. The van der Waals surface area contributed by atoms with Crippen LogP contribution in [0.2, 0.25) is 0 Å². The van der Waals surface area contributed by atoms with Gasteiger partial charge in [0, 0.05) is 5.56 Å². The van der Waals surface area contributed by atoms with Gasteiger partial charge in [0.2, 0.25) is 0 Å². The number of nitrogens with zero attached hydrogens (tertiary/aromatic N) is 1. The van der Waals surface area contributed by atoms with E-state index in [1.165, 1.54) is 28.2 Å². The van der Waals surface area contributed by atoms with E-state index in [0.717, 1.165) is 26.9 Å². The van der Waals surface area contributed by atoms with Gasteiger partial charge in [-0.1, -0.05) is 47.7 Å². The minimum Gasteiger partial charge on any atom is -0.297 e. The van der Waals surface area contributed by atoms with E-state index in [2.05, 4.69) is 29.4 Å². The number of rotatable bonds is 3. The van der Waals surface area contributed by atoms with Crippen molar-refractivity contribution >= 4 is 43.9 Å². The number of thiophene rings is 1. The monoisotopic (exact) mass is 364 g/mol. The lowest BCUT2D eigenvalue weighted by Gasteiger charge is -2.04. The fourth-order valence-corrected chi connectivity index (χ4v) is 4.76. The molecule has 1 N–H and O–H groups in total. The van der Waals surface area contributed by atoms with Crippen molar-refractivity contribution in [2.75, 3.05) is 5.32 Å². The number of benzene rings is 2. The molecule has 0 unspecified atom stereocenters. The Bertz CT molecular complexity index is 1060. The predicted molar refractivity (Wildman–Crippen MR) is 107 cm³/mol. The standard InChI is InChI=1S/C20H16N2OS2/c1-12-10-13(2)17-16(11-12)25-20(21-17)22-19(23)18-15(8-9-24-18)14-6-4-3-5-7-14/h3-11H,1-2H3,(H,21,22,23). The highest BCUT2D eigenvalue weighted by Crippen LogP contribution is 2.32. The number of nitrogens with one attached hydrogen (secondary N) is 1. The summed E-state index contributed by atoms with van der Waals surface area (Å²) in [4.78, 5) is 18.1. The number of thiazole rings is 1. The normalized spacial score (nSPS) is 11.0. The number of carbonyl (C=O) groups is 1. The van der Waals surface area contributed by atoms with Crippen LogP contribution in [0.3, 0.4) is 0 Å². The maximum Gasteiger partial charge on any atom is 0.268 e. The fourth-order valence-electron chi connectivity index (χ4n) is 2.91. The minimum absolute atomic E-state index is 0.109. The molecular weight excluding hydrogens is 348 g/mol. The van der Waals surface area contributed by atoms with Crippen LogP contribution in [0.15, 0.2) is 53.9 Å². The van der Waals surface area contributed by atoms with E-state index in [-0.39, 0.29) is 5.91 Å². The maximum absolute atomic E-state index is 12.8. The second-order valence-corrected chi connectivity index (χ2v) is 7.88. The molecule has 0 atom stereocenters. The Morgan fingerprint density at radius 3 is 2.68 bits per heavy atom. The van der Waals surface area contributed by atoms with Gasteiger partial charge in [0.05, 0.1) is 10.2 Å². The summed E-state index contributed by atoms with van der Waals surface area (Å²) in [6.45, 7) is 4.12. The Hall–Kier alpha value is -2.50. The third-order valence-corrected chi connectivity index (χ3v) is 5.84. The topological polar surface area (TPSA) is 42.0 Å². The van der Waals surface area contributed by atoms with Crippen LogP contribution < -0.4 is 5.32 Å². The highest BCUT2D eigenvalue weighted by Gasteiger charge is 2.16. The summed E-state index contributed by atoms with van der Waals surface area (Å²) in [5, 5.41) is 5.56. The molecule has 4 rings (SSSR count). The zero-order valence-electron chi connectivity index (χ0n) is 13.9. The van der Waals surface area contributed by atoms with E-state index in [1.807, 2.05) is 48.7 Å². The molecule has 0 spiro atoms. The third kappa shape index (κ3) is 3.08. The van der Waals surface area contributed by atoms with Crippen LogP contribution in [0.5, 0.6) is 0 Å². The number of fused-ring (bicyclic) bond motifs is 1. The van der Waals surface area contributed by atoms with Crippen LogP contribution >= 0.6 is 22.7 Å². The summed E-state index contributed by atoms with van der Waals surface area (Å²) in [6, 6.07) is 16.2. The Labute approximate surface area is 154 Å². The molecule has 0 saturated heterocycles.